The quantitative estimate of drug-likeness (QED) is 0.655. The van der Waals surface area contributed by atoms with Crippen molar-refractivity contribution < 1.29 is 18.5 Å². The molecule has 27 heavy (non-hydrogen) atoms. The molecule has 0 saturated carbocycles. The van der Waals surface area contributed by atoms with Crippen LogP contribution in [0.2, 0.25) is 0 Å². The average Bonchev–Trinajstić information content (AvgIpc) is 2.63. The van der Waals surface area contributed by atoms with Crippen LogP contribution < -0.4 is 10.2 Å². The molecule has 3 rings (SSSR count). The number of carbonyl (C=O) groups is 1. The molecule has 1 aliphatic heterocycles. The minimum absolute atomic E-state index is 0.251. The second-order valence-corrected chi connectivity index (χ2v) is 6.63. The standard InChI is InChI=1S/C19H19F2N3O3/c1-12-4-7-16(20)18(9-12)23-8-2-3-13(11-23)22-19(25)15-6-5-14(24(26)27)10-17(15)21/h4-7,9-10,13H,2-3,8,11H2,1H3,(H,22,25). The Kier molecular flexibility index (Phi) is 5.34. The summed E-state index contributed by atoms with van der Waals surface area (Å²) in [6, 6.07) is 7.51. The topological polar surface area (TPSA) is 75.5 Å². The Bertz CT molecular complexity index is 888. The van der Waals surface area contributed by atoms with Crippen molar-refractivity contribution in [2.45, 2.75) is 25.8 Å². The van der Waals surface area contributed by atoms with Gasteiger partial charge in [-0.25, -0.2) is 8.78 Å². The number of amides is 1. The van der Waals surface area contributed by atoms with E-state index in [0.29, 0.717) is 25.2 Å². The maximum Gasteiger partial charge on any atom is 0.272 e. The van der Waals surface area contributed by atoms with E-state index in [2.05, 4.69) is 5.32 Å². The number of rotatable bonds is 4. The van der Waals surface area contributed by atoms with Crippen LogP contribution in [-0.4, -0.2) is 30.0 Å². The molecule has 1 N–H and O–H groups in total. The molecule has 0 aromatic heterocycles. The minimum atomic E-state index is -0.945. The van der Waals surface area contributed by atoms with Crippen molar-refractivity contribution in [1.82, 2.24) is 5.32 Å². The van der Waals surface area contributed by atoms with E-state index >= 15 is 0 Å². The highest BCUT2D eigenvalue weighted by Gasteiger charge is 2.25. The van der Waals surface area contributed by atoms with Crippen molar-refractivity contribution in [2.75, 3.05) is 18.0 Å². The van der Waals surface area contributed by atoms with Gasteiger partial charge in [0.25, 0.3) is 11.6 Å². The molecule has 1 aliphatic rings. The molecular formula is C19H19F2N3O3. The predicted molar refractivity (Wildman–Crippen MR) is 96.9 cm³/mol. The third-order valence-corrected chi connectivity index (χ3v) is 4.61. The summed E-state index contributed by atoms with van der Waals surface area (Å²) in [6.07, 6.45) is 1.44. The number of nitrogens with one attached hydrogen (secondary N) is 1. The molecule has 1 unspecified atom stereocenters. The zero-order chi connectivity index (χ0) is 19.6. The first-order valence-electron chi connectivity index (χ1n) is 8.61. The number of hydrogen-bond donors (Lipinski definition) is 1. The van der Waals surface area contributed by atoms with Crippen LogP contribution in [0, 0.1) is 28.7 Å². The molecule has 1 saturated heterocycles. The van der Waals surface area contributed by atoms with Gasteiger partial charge in [-0.05, 0) is 43.5 Å². The van der Waals surface area contributed by atoms with Gasteiger partial charge in [-0.1, -0.05) is 6.07 Å². The number of halogens is 2. The monoisotopic (exact) mass is 375 g/mol. The van der Waals surface area contributed by atoms with Gasteiger partial charge in [-0.15, -0.1) is 0 Å². The van der Waals surface area contributed by atoms with Gasteiger partial charge in [-0.3, -0.25) is 14.9 Å². The van der Waals surface area contributed by atoms with Crippen LogP contribution in [0.5, 0.6) is 0 Å². The van der Waals surface area contributed by atoms with E-state index in [1.807, 2.05) is 11.8 Å². The van der Waals surface area contributed by atoms with Crippen LogP contribution in [0.3, 0.4) is 0 Å². The predicted octanol–water partition coefficient (Wildman–Crippen LogP) is 3.58. The van der Waals surface area contributed by atoms with E-state index in [4.69, 9.17) is 0 Å². The summed E-state index contributed by atoms with van der Waals surface area (Å²) in [7, 11) is 0. The van der Waals surface area contributed by atoms with Crippen molar-refractivity contribution in [3.05, 3.63) is 69.3 Å². The highest BCUT2D eigenvalue weighted by molar-refractivity contribution is 5.95. The summed E-state index contributed by atoms with van der Waals surface area (Å²) in [5, 5.41) is 13.4. The largest absolute Gasteiger partial charge is 0.367 e. The van der Waals surface area contributed by atoms with E-state index in [1.54, 1.807) is 12.1 Å². The van der Waals surface area contributed by atoms with E-state index in [-0.39, 0.29) is 17.4 Å². The van der Waals surface area contributed by atoms with E-state index < -0.39 is 22.3 Å². The number of carbonyl (C=O) groups excluding carboxylic acids is 1. The van der Waals surface area contributed by atoms with E-state index in [0.717, 1.165) is 30.2 Å². The third-order valence-electron chi connectivity index (χ3n) is 4.61. The molecule has 1 atom stereocenters. The molecule has 0 radical (unpaired) electrons. The number of anilines is 1. The zero-order valence-electron chi connectivity index (χ0n) is 14.7. The zero-order valence-corrected chi connectivity index (χ0v) is 14.7. The molecule has 0 spiro atoms. The van der Waals surface area contributed by atoms with Crippen molar-refractivity contribution in [2.24, 2.45) is 0 Å². The Labute approximate surface area is 154 Å². The number of nitro benzene ring substituents is 1. The lowest BCUT2D eigenvalue weighted by Crippen LogP contribution is -2.48. The van der Waals surface area contributed by atoms with Crippen LogP contribution >= 0.6 is 0 Å². The van der Waals surface area contributed by atoms with Crippen LogP contribution in [0.1, 0.15) is 28.8 Å². The van der Waals surface area contributed by atoms with Crippen molar-refractivity contribution in [1.29, 1.82) is 0 Å². The molecule has 2 aromatic rings. The Balaban J connectivity index is 1.71. The Morgan fingerprint density at radius 2 is 2.00 bits per heavy atom. The van der Waals surface area contributed by atoms with Gasteiger partial charge in [0, 0.05) is 25.2 Å². The normalized spacial score (nSPS) is 16.9. The van der Waals surface area contributed by atoms with Gasteiger partial charge >= 0.3 is 0 Å². The summed E-state index contributed by atoms with van der Waals surface area (Å²) < 4.78 is 28.2. The average molecular weight is 375 g/mol. The number of benzene rings is 2. The number of piperidine rings is 1. The first-order valence-corrected chi connectivity index (χ1v) is 8.61. The second-order valence-electron chi connectivity index (χ2n) is 6.63. The van der Waals surface area contributed by atoms with Crippen LogP contribution in [0.25, 0.3) is 0 Å². The van der Waals surface area contributed by atoms with E-state index in [1.165, 1.54) is 6.07 Å². The maximum absolute atomic E-state index is 14.1. The highest BCUT2D eigenvalue weighted by Crippen LogP contribution is 2.25. The Morgan fingerprint density at radius 1 is 1.22 bits per heavy atom. The molecule has 6 nitrogen and oxygen atoms in total. The van der Waals surface area contributed by atoms with Crippen molar-refractivity contribution >= 4 is 17.3 Å². The lowest BCUT2D eigenvalue weighted by Gasteiger charge is -2.35. The molecule has 8 heteroatoms. The molecule has 1 amide bonds. The van der Waals surface area contributed by atoms with Gasteiger partial charge in [0.1, 0.15) is 11.6 Å². The number of nitro groups is 1. The fraction of sp³-hybridized carbons (Fsp3) is 0.316. The minimum Gasteiger partial charge on any atom is -0.367 e. The number of non-ortho nitro benzene ring substituents is 1. The third kappa shape index (κ3) is 4.21. The van der Waals surface area contributed by atoms with Gasteiger partial charge < -0.3 is 10.2 Å². The van der Waals surface area contributed by atoms with Gasteiger partial charge in [0.15, 0.2) is 0 Å². The smallest absolute Gasteiger partial charge is 0.272 e. The van der Waals surface area contributed by atoms with E-state index in [9.17, 15) is 23.7 Å². The SMILES string of the molecule is Cc1ccc(F)c(N2CCCC(NC(=O)c3ccc([N+](=O)[O-])cc3F)C2)c1. The first-order chi connectivity index (χ1) is 12.8. The van der Waals surface area contributed by atoms with Crippen LogP contribution in [0.15, 0.2) is 36.4 Å². The summed E-state index contributed by atoms with van der Waals surface area (Å²) in [6.45, 7) is 2.95. The van der Waals surface area contributed by atoms with Gasteiger partial charge in [0.05, 0.1) is 22.2 Å². The number of nitrogens with zero attached hydrogens (tertiary/aromatic N) is 2. The van der Waals surface area contributed by atoms with Gasteiger partial charge in [0.2, 0.25) is 0 Å². The fourth-order valence-electron chi connectivity index (χ4n) is 3.24. The Morgan fingerprint density at radius 3 is 2.70 bits per heavy atom. The molecule has 142 valence electrons. The van der Waals surface area contributed by atoms with Crippen molar-refractivity contribution in [3.8, 4) is 0 Å². The summed E-state index contributed by atoms with van der Waals surface area (Å²) in [5.41, 5.74) is 0.753. The van der Waals surface area contributed by atoms with Gasteiger partial charge in [-0.2, -0.15) is 0 Å². The summed E-state index contributed by atoms with van der Waals surface area (Å²) in [4.78, 5) is 24.2. The summed E-state index contributed by atoms with van der Waals surface area (Å²) in [5.74, 6) is -1.91. The highest BCUT2D eigenvalue weighted by atomic mass is 19.1. The molecular weight excluding hydrogens is 356 g/mol. The number of aryl methyl sites for hydroxylation is 1. The lowest BCUT2D eigenvalue weighted by molar-refractivity contribution is -0.385. The summed E-state index contributed by atoms with van der Waals surface area (Å²) >= 11 is 0. The van der Waals surface area contributed by atoms with Crippen LogP contribution in [-0.2, 0) is 0 Å². The molecule has 1 heterocycles. The van der Waals surface area contributed by atoms with Crippen LogP contribution in [0.4, 0.5) is 20.2 Å². The fourth-order valence-corrected chi connectivity index (χ4v) is 3.24. The molecule has 1 fully saturated rings. The maximum atomic E-state index is 14.1. The second kappa shape index (κ2) is 7.69. The first kappa shape index (κ1) is 18.8. The molecule has 2 aromatic carbocycles. The molecule has 0 bridgehead atoms. The Hall–Kier alpha value is -3.03. The lowest BCUT2D eigenvalue weighted by atomic mass is 10.0. The van der Waals surface area contributed by atoms with Crippen molar-refractivity contribution in [3.63, 3.8) is 0 Å². The molecule has 0 aliphatic carbocycles. The number of hydrogen-bond acceptors (Lipinski definition) is 4.